The highest BCUT2D eigenvalue weighted by Crippen LogP contribution is 2.36. The maximum absolute atomic E-state index is 12.6. The van der Waals surface area contributed by atoms with Crippen LogP contribution in [0.5, 0.6) is 0 Å². The molecule has 0 radical (unpaired) electrons. The summed E-state index contributed by atoms with van der Waals surface area (Å²) >= 11 is 0. The number of nitrogens with one attached hydrogen (secondary N) is 1. The molecule has 0 spiro atoms. The van der Waals surface area contributed by atoms with Gasteiger partial charge in [-0.2, -0.15) is 5.10 Å². The first-order valence-electron chi connectivity index (χ1n) is 7.55. The van der Waals surface area contributed by atoms with E-state index in [0.29, 0.717) is 24.2 Å². The van der Waals surface area contributed by atoms with Gasteiger partial charge in [0, 0.05) is 24.2 Å². The van der Waals surface area contributed by atoms with Crippen molar-refractivity contribution in [1.82, 2.24) is 15.1 Å². The average Bonchev–Trinajstić information content (AvgIpc) is 2.80. The Hall–Kier alpha value is -1.40. The van der Waals surface area contributed by atoms with Gasteiger partial charge in [-0.15, -0.1) is 0 Å². The molecule has 1 aliphatic heterocycles. The molecule has 0 saturated carbocycles. The average molecular weight is 295 g/mol. The molecule has 1 fully saturated rings. The lowest BCUT2D eigenvalue weighted by atomic mass is 9.73. The number of β-amino-alcohol motifs (C(OH)–C–C–N with tert-alkyl or cyclic N) is 1. The van der Waals surface area contributed by atoms with E-state index in [9.17, 15) is 15.0 Å². The van der Waals surface area contributed by atoms with E-state index in [1.807, 2.05) is 13.8 Å². The van der Waals surface area contributed by atoms with Crippen LogP contribution in [0.1, 0.15) is 47.9 Å². The van der Waals surface area contributed by atoms with Crippen LogP contribution in [-0.4, -0.2) is 57.0 Å². The molecule has 1 amide bonds. The number of likely N-dealkylation sites (tertiary alicyclic amines) is 1. The van der Waals surface area contributed by atoms with Crippen LogP contribution in [0.25, 0.3) is 0 Å². The van der Waals surface area contributed by atoms with E-state index >= 15 is 0 Å². The summed E-state index contributed by atoms with van der Waals surface area (Å²) in [7, 11) is 0. The number of aryl methyl sites for hydroxylation is 2. The highest BCUT2D eigenvalue weighted by atomic mass is 16.3. The summed E-state index contributed by atoms with van der Waals surface area (Å²) < 4.78 is 0. The fraction of sp³-hybridized carbons (Fsp3) is 0.733. The molecule has 1 saturated heterocycles. The minimum absolute atomic E-state index is 0.0339. The molecule has 1 aromatic rings. The van der Waals surface area contributed by atoms with Gasteiger partial charge in [0.1, 0.15) is 0 Å². The maximum Gasteiger partial charge on any atom is 0.257 e. The number of amides is 1. The number of aromatic nitrogens is 2. The van der Waals surface area contributed by atoms with Crippen LogP contribution < -0.4 is 0 Å². The monoisotopic (exact) mass is 295 g/mol. The summed E-state index contributed by atoms with van der Waals surface area (Å²) in [4.78, 5) is 14.3. The fourth-order valence-electron chi connectivity index (χ4n) is 3.28. The predicted molar refractivity (Wildman–Crippen MR) is 79.0 cm³/mol. The van der Waals surface area contributed by atoms with Crippen LogP contribution in [0, 0.1) is 19.3 Å². The van der Waals surface area contributed by atoms with Crippen molar-refractivity contribution < 1.29 is 15.0 Å². The normalized spacial score (nSPS) is 26.1. The van der Waals surface area contributed by atoms with Gasteiger partial charge in [-0.25, -0.2) is 0 Å². The number of piperidine rings is 1. The number of H-pyrrole nitrogens is 1. The largest absolute Gasteiger partial charge is 0.396 e. The molecule has 1 aliphatic rings. The van der Waals surface area contributed by atoms with Crippen molar-refractivity contribution in [3.63, 3.8) is 0 Å². The minimum atomic E-state index is -0.687. The van der Waals surface area contributed by atoms with E-state index in [1.165, 1.54) is 0 Å². The molecular formula is C15H25N3O3. The van der Waals surface area contributed by atoms with Gasteiger partial charge < -0.3 is 15.1 Å². The molecule has 118 valence electrons. The molecule has 0 aliphatic carbocycles. The smallest absolute Gasteiger partial charge is 0.257 e. The van der Waals surface area contributed by atoms with E-state index in [0.717, 1.165) is 18.5 Å². The molecule has 3 N–H and O–H groups in total. The molecule has 0 bridgehead atoms. The zero-order valence-electron chi connectivity index (χ0n) is 13.0. The van der Waals surface area contributed by atoms with Crippen molar-refractivity contribution in [3.05, 3.63) is 17.0 Å². The van der Waals surface area contributed by atoms with E-state index in [-0.39, 0.29) is 19.1 Å². The van der Waals surface area contributed by atoms with Crippen LogP contribution in [0.3, 0.4) is 0 Å². The van der Waals surface area contributed by atoms with Gasteiger partial charge in [0.15, 0.2) is 0 Å². The summed E-state index contributed by atoms with van der Waals surface area (Å²) in [6, 6.07) is 0. The Bertz CT molecular complexity index is 495. The number of aliphatic hydroxyl groups excluding tert-OH is 2. The summed E-state index contributed by atoms with van der Waals surface area (Å²) in [6.07, 6.45) is 1.62. The number of carbonyl (C=O) groups is 1. The number of hydrogen-bond donors (Lipinski definition) is 3. The first kappa shape index (κ1) is 16.0. The van der Waals surface area contributed by atoms with Crippen LogP contribution >= 0.6 is 0 Å². The van der Waals surface area contributed by atoms with E-state index in [2.05, 4.69) is 10.2 Å². The van der Waals surface area contributed by atoms with Gasteiger partial charge in [-0.3, -0.25) is 9.89 Å². The van der Waals surface area contributed by atoms with Crippen molar-refractivity contribution in [2.45, 2.75) is 46.1 Å². The van der Waals surface area contributed by atoms with Crippen LogP contribution in [0.2, 0.25) is 0 Å². The topological polar surface area (TPSA) is 89.5 Å². The Morgan fingerprint density at radius 3 is 2.71 bits per heavy atom. The lowest BCUT2D eigenvalue weighted by Crippen LogP contribution is -2.54. The zero-order chi connectivity index (χ0) is 15.6. The Labute approximate surface area is 125 Å². The fourth-order valence-corrected chi connectivity index (χ4v) is 3.28. The van der Waals surface area contributed by atoms with Gasteiger partial charge in [0.25, 0.3) is 5.91 Å². The third kappa shape index (κ3) is 2.82. The standard InChI is InChI=1S/C15H25N3O3/c1-4-5-15(9-19)6-7-18(8-12(15)20)14(21)13-10(2)16-17-11(13)3/h12,19-20H,4-9H2,1-3H3,(H,16,17)/t12-,15+/m0/s1. The Morgan fingerprint density at radius 1 is 1.52 bits per heavy atom. The molecule has 0 unspecified atom stereocenters. The molecule has 0 aromatic carbocycles. The van der Waals surface area contributed by atoms with Gasteiger partial charge >= 0.3 is 0 Å². The molecule has 2 atom stereocenters. The number of hydrogen-bond acceptors (Lipinski definition) is 4. The zero-order valence-corrected chi connectivity index (χ0v) is 13.0. The van der Waals surface area contributed by atoms with Gasteiger partial charge in [-0.1, -0.05) is 13.3 Å². The second kappa shape index (κ2) is 6.15. The van der Waals surface area contributed by atoms with Crippen molar-refractivity contribution in [3.8, 4) is 0 Å². The molecule has 2 heterocycles. The van der Waals surface area contributed by atoms with Crippen LogP contribution in [-0.2, 0) is 0 Å². The predicted octanol–water partition coefficient (Wildman–Crippen LogP) is 1.01. The quantitative estimate of drug-likeness (QED) is 0.773. The lowest BCUT2D eigenvalue weighted by Gasteiger charge is -2.44. The second-order valence-electron chi connectivity index (χ2n) is 6.10. The third-order valence-electron chi connectivity index (χ3n) is 4.67. The Morgan fingerprint density at radius 2 is 2.24 bits per heavy atom. The van der Waals surface area contributed by atoms with E-state index in [1.54, 1.807) is 11.8 Å². The number of carbonyl (C=O) groups excluding carboxylic acids is 1. The van der Waals surface area contributed by atoms with Gasteiger partial charge in [0.2, 0.25) is 0 Å². The van der Waals surface area contributed by atoms with Crippen molar-refractivity contribution in [2.75, 3.05) is 19.7 Å². The minimum Gasteiger partial charge on any atom is -0.396 e. The summed E-state index contributed by atoms with van der Waals surface area (Å²) in [5.74, 6) is -0.0964. The third-order valence-corrected chi connectivity index (χ3v) is 4.67. The van der Waals surface area contributed by atoms with Crippen LogP contribution in [0.4, 0.5) is 0 Å². The van der Waals surface area contributed by atoms with Crippen molar-refractivity contribution in [2.24, 2.45) is 5.41 Å². The maximum atomic E-state index is 12.6. The number of aliphatic hydroxyl groups is 2. The molecule has 6 heteroatoms. The highest BCUT2D eigenvalue weighted by Gasteiger charge is 2.42. The molecule has 21 heavy (non-hydrogen) atoms. The lowest BCUT2D eigenvalue weighted by molar-refractivity contribution is -0.0713. The van der Waals surface area contributed by atoms with Crippen LogP contribution in [0.15, 0.2) is 0 Å². The number of rotatable bonds is 4. The number of aromatic amines is 1. The molecule has 1 aromatic heterocycles. The number of nitrogens with zero attached hydrogens (tertiary/aromatic N) is 2. The summed E-state index contributed by atoms with van der Waals surface area (Å²) in [6.45, 7) is 6.45. The van der Waals surface area contributed by atoms with Crippen molar-refractivity contribution >= 4 is 5.91 Å². The Kier molecular flexibility index (Phi) is 4.68. The molecule has 2 rings (SSSR count). The first-order chi connectivity index (χ1) is 9.95. The van der Waals surface area contributed by atoms with E-state index in [4.69, 9.17) is 0 Å². The van der Waals surface area contributed by atoms with Gasteiger partial charge in [0.05, 0.1) is 24.0 Å². The molecule has 6 nitrogen and oxygen atoms in total. The first-order valence-corrected chi connectivity index (χ1v) is 7.55. The Balaban J connectivity index is 2.14. The summed E-state index contributed by atoms with van der Waals surface area (Å²) in [5, 5.41) is 27.0. The summed E-state index contributed by atoms with van der Waals surface area (Å²) in [5.41, 5.74) is 1.56. The van der Waals surface area contributed by atoms with Crippen molar-refractivity contribution in [1.29, 1.82) is 0 Å². The SMILES string of the molecule is CCC[C@]1(CO)CCN(C(=O)c2c(C)n[nH]c2C)C[C@@H]1O. The highest BCUT2D eigenvalue weighted by molar-refractivity contribution is 5.96. The molecular weight excluding hydrogens is 270 g/mol. The van der Waals surface area contributed by atoms with E-state index < -0.39 is 11.5 Å². The van der Waals surface area contributed by atoms with Gasteiger partial charge in [-0.05, 0) is 26.7 Å². The second-order valence-corrected chi connectivity index (χ2v) is 6.10.